The zero-order valence-electron chi connectivity index (χ0n) is 15.6. The van der Waals surface area contributed by atoms with E-state index >= 15 is 0 Å². The van der Waals surface area contributed by atoms with Gasteiger partial charge in [-0.3, -0.25) is 4.79 Å². The Kier molecular flexibility index (Phi) is 5.85. The van der Waals surface area contributed by atoms with Gasteiger partial charge >= 0.3 is 0 Å². The summed E-state index contributed by atoms with van der Waals surface area (Å²) >= 11 is 1.29. The lowest BCUT2D eigenvalue weighted by atomic mass is 10.2. The van der Waals surface area contributed by atoms with Crippen molar-refractivity contribution < 1.29 is 22.7 Å². The molecule has 0 saturated heterocycles. The van der Waals surface area contributed by atoms with Crippen molar-refractivity contribution in [2.75, 3.05) is 0 Å². The maximum absolute atomic E-state index is 13.9. The molecule has 0 bridgehead atoms. The lowest BCUT2D eigenvalue weighted by molar-refractivity contribution is 0.0944. The van der Waals surface area contributed by atoms with Gasteiger partial charge in [-0.25, -0.2) is 13.8 Å². The molecule has 152 valence electrons. The number of thiazole rings is 1. The minimum Gasteiger partial charge on any atom is -0.488 e. The predicted octanol–water partition coefficient (Wildman–Crippen LogP) is 5.19. The maximum Gasteiger partial charge on any atom is 0.271 e. The zero-order chi connectivity index (χ0) is 20.9. The molecule has 0 radical (unpaired) electrons. The van der Waals surface area contributed by atoms with Crippen molar-refractivity contribution in [1.82, 2.24) is 10.3 Å². The molecule has 0 saturated carbocycles. The molecule has 5 nitrogen and oxygen atoms in total. The van der Waals surface area contributed by atoms with Crippen LogP contribution in [0.15, 0.2) is 70.7 Å². The van der Waals surface area contributed by atoms with Crippen molar-refractivity contribution in [2.45, 2.75) is 13.2 Å². The van der Waals surface area contributed by atoms with Gasteiger partial charge in [0.25, 0.3) is 5.91 Å². The molecular formula is C22H16F2N2O3S. The Morgan fingerprint density at radius 1 is 1.13 bits per heavy atom. The van der Waals surface area contributed by atoms with Crippen LogP contribution >= 0.6 is 11.3 Å². The number of hydrogen-bond acceptors (Lipinski definition) is 5. The van der Waals surface area contributed by atoms with Crippen LogP contribution in [0.5, 0.6) is 5.75 Å². The molecule has 0 atom stereocenters. The van der Waals surface area contributed by atoms with Gasteiger partial charge in [-0.2, -0.15) is 0 Å². The number of carbonyl (C=O) groups is 1. The molecule has 2 heterocycles. The molecule has 0 aliphatic heterocycles. The molecule has 0 aliphatic carbocycles. The van der Waals surface area contributed by atoms with E-state index < -0.39 is 11.6 Å². The van der Waals surface area contributed by atoms with Gasteiger partial charge in [-0.15, -0.1) is 11.3 Å². The van der Waals surface area contributed by atoms with Crippen LogP contribution in [0.4, 0.5) is 8.78 Å². The fraction of sp³-hybridized carbons (Fsp3) is 0.0909. The molecule has 4 rings (SSSR count). The van der Waals surface area contributed by atoms with Gasteiger partial charge in [-0.1, -0.05) is 12.1 Å². The molecule has 2 aromatic carbocycles. The lowest BCUT2D eigenvalue weighted by Crippen LogP contribution is -2.22. The molecule has 0 spiro atoms. The Bertz CT molecular complexity index is 1160. The highest BCUT2D eigenvalue weighted by Crippen LogP contribution is 2.33. The van der Waals surface area contributed by atoms with E-state index in [0.29, 0.717) is 22.1 Å². The number of nitrogens with one attached hydrogen (secondary N) is 1. The summed E-state index contributed by atoms with van der Waals surface area (Å²) in [7, 11) is 0. The Hall–Kier alpha value is -3.52. The van der Waals surface area contributed by atoms with Crippen molar-refractivity contribution in [1.29, 1.82) is 0 Å². The van der Waals surface area contributed by atoms with Crippen LogP contribution in [-0.2, 0) is 13.2 Å². The van der Waals surface area contributed by atoms with Crippen molar-refractivity contribution in [2.24, 2.45) is 0 Å². The second kappa shape index (κ2) is 8.87. The van der Waals surface area contributed by atoms with E-state index in [1.54, 1.807) is 35.7 Å². The Morgan fingerprint density at radius 3 is 2.83 bits per heavy atom. The van der Waals surface area contributed by atoms with Gasteiger partial charge < -0.3 is 14.5 Å². The number of para-hydroxylation sites is 1. The fourth-order valence-electron chi connectivity index (χ4n) is 2.75. The van der Waals surface area contributed by atoms with Gasteiger partial charge in [0.2, 0.25) is 0 Å². The minimum atomic E-state index is -0.543. The highest BCUT2D eigenvalue weighted by Gasteiger charge is 2.15. The number of benzene rings is 2. The SMILES string of the molecule is O=C(NCc1ccco1)c1csc(-c2ccccc2OCc2cc(F)ccc2F)n1. The van der Waals surface area contributed by atoms with Crippen molar-refractivity contribution in [3.8, 4) is 16.3 Å². The van der Waals surface area contributed by atoms with E-state index in [4.69, 9.17) is 9.15 Å². The van der Waals surface area contributed by atoms with Gasteiger partial charge in [-0.05, 0) is 42.5 Å². The summed E-state index contributed by atoms with van der Waals surface area (Å²) in [5.41, 5.74) is 1.04. The lowest BCUT2D eigenvalue weighted by Gasteiger charge is -2.10. The van der Waals surface area contributed by atoms with Crippen LogP contribution in [0.2, 0.25) is 0 Å². The molecule has 30 heavy (non-hydrogen) atoms. The van der Waals surface area contributed by atoms with Crippen LogP contribution in [0, 0.1) is 11.6 Å². The van der Waals surface area contributed by atoms with E-state index in [9.17, 15) is 13.6 Å². The highest BCUT2D eigenvalue weighted by molar-refractivity contribution is 7.13. The standard InChI is InChI=1S/C22H16F2N2O3S/c23-15-7-8-18(24)14(10-15)12-29-20-6-2-1-5-17(20)22-26-19(13-30-22)21(27)25-11-16-4-3-9-28-16/h1-10,13H,11-12H2,(H,25,27). The number of furan rings is 1. The number of amides is 1. The Morgan fingerprint density at radius 2 is 2.00 bits per heavy atom. The first-order valence-electron chi connectivity index (χ1n) is 9.02. The number of aromatic nitrogens is 1. The number of rotatable bonds is 7. The number of ether oxygens (including phenoxy) is 1. The predicted molar refractivity (Wildman–Crippen MR) is 108 cm³/mol. The summed E-state index contributed by atoms with van der Waals surface area (Å²) in [5.74, 6) is -0.304. The molecule has 0 fully saturated rings. The first kappa shape index (κ1) is 19.8. The quantitative estimate of drug-likeness (QED) is 0.442. The first-order valence-corrected chi connectivity index (χ1v) is 9.90. The van der Waals surface area contributed by atoms with E-state index in [-0.39, 0.29) is 30.3 Å². The molecule has 0 unspecified atom stereocenters. The monoisotopic (exact) mass is 426 g/mol. The summed E-state index contributed by atoms with van der Waals surface area (Å²) in [6.45, 7) is 0.125. The van der Waals surface area contributed by atoms with E-state index in [0.717, 1.165) is 18.2 Å². The average molecular weight is 426 g/mol. The largest absolute Gasteiger partial charge is 0.488 e. The van der Waals surface area contributed by atoms with E-state index in [1.807, 2.05) is 6.07 Å². The number of nitrogens with zero attached hydrogens (tertiary/aromatic N) is 1. The van der Waals surface area contributed by atoms with Crippen LogP contribution in [-0.4, -0.2) is 10.9 Å². The molecule has 4 aromatic rings. The topological polar surface area (TPSA) is 64.4 Å². The number of carbonyl (C=O) groups excluding carboxylic acids is 1. The third-order valence-corrected chi connectivity index (χ3v) is 5.12. The van der Waals surface area contributed by atoms with E-state index in [2.05, 4.69) is 10.3 Å². The smallest absolute Gasteiger partial charge is 0.271 e. The van der Waals surface area contributed by atoms with Crippen LogP contribution < -0.4 is 10.1 Å². The van der Waals surface area contributed by atoms with Crippen LogP contribution in [0.25, 0.3) is 10.6 Å². The molecule has 0 aliphatic rings. The summed E-state index contributed by atoms with van der Waals surface area (Å²) in [6, 6.07) is 13.8. The molecule has 1 N–H and O–H groups in total. The fourth-order valence-corrected chi connectivity index (χ4v) is 3.58. The molecular weight excluding hydrogens is 410 g/mol. The van der Waals surface area contributed by atoms with Crippen molar-refractivity contribution >= 4 is 17.2 Å². The van der Waals surface area contributed by atoms with Gasteiger partial charge in [0.15, 0.2) is 0 Å². The molecule has 8 heteroatoms. The molecule has 2 aromatic heterocycles. The zero-order valence-corrected chi connectivity index (χ0v) is 16.4. The summed E-state index contributed by atoms with van der Waals surface area (Å²) in [5, 5.41) is 4.97. The van der Waals surface area contributed by atoms with Gasteiger partial charge in [0.1, 0.15) is 40.5 Å². The number of hydrogen-bond donors (Lipinski definition) is 1. The highest BCUT2D eigenvalue weighted by atomic mass is 32.1. The summed E-state index contributed by atoms with van der Waals surface area (Å²) < 4.78 is 38.1. The third kappa shape index (κ3) is 4.55. The minimum absolute atomic E-state index is 0.113. The van der Waals surface area contributed by atoms with Crippen molar-refractivity contribution in [3.63, 3.8) is 0 Å². The van der Waals surface area contributed by atoms with Gasteiger partial charge in [0.05, 0.1) is 18.4 Å². The number of halogens is 2. The van der Waals surface area contributed by atoms with Crippen molar-refractivity contribution in [3.05, 3.63) is 94.9 Å². The third-order valence-electron chi connectivity index (χ3n) is 4.25. The Balaban J connectivity index is 1.48. The van der Waals surface area contributed by atoms with Gasteiger partial charge in [0, 0.05) is 10.9 Å². The molecule has 1 amide bonds. The first-order chi connectivity index (χ1) is 14.6. The summed E-state index contributed by atoms with van der Waals surface area (Å²) in [4.78, 5) is 16.7. The Labute approximate surface area is 175 Å². The van der Waals surface area contributed by atoms with Crippen LogP contribution in [0.3, 0.4) is 0 Å². The maximum atomic E-state index is 13.9. The second-order valence-corrected chi connectivity index (χ2v) is 7.18. The van der Waals surface area contributed by atoms with E-state index in [1.165, 1.54) is 17.6 Å². The normalized spacial score (nSPS) is 10.7. The van der Waals surface area contributed by atoms with Crippen LogP contribution in [0.1, 0.15) is 21.8 Å². The average Bonchev–Trinajstić information content (AvgIpc) is 3.45. The summed E-state index contributed by atoms with van der Waals surface area (Å²) in [6.07, 6.45) is 1.54. The second-order valence-electron chi connectivity index (χ2n) is 6.32.